The largest absolute Gasteiger partial charge is 0.493 e. The summed E-state index contributed by atoms with van der Waals surface area (Å²) in [7, 11) is 0.191. The van der Waals surface area contributed by atoms with E-state index in [4.69, 9.17) is 9.47 Å². The average molecular weight is 345 g/mol. The van der Waals surface area contributed by atoms with Crippen molar-refractivity contribution in [2.45, 2.75) is 31.2 Å². The zero-order chi connectivity index (χ0) is 17.6. The smallest absolute Gasteiger partial charge is 0.323 e. The van der Waals surface area contributed by atoms with E-state index in [1.165, 1.54) is 39.5 Å². The summed E-state index contributed by atoms with van der Waals surface area (Å²) >= 11 is 0. The van der Waals surface area contributed by atoms with Gasteiger partial charge in [0.05, 0.1) is 26.2 Å². The number of nitrogens with one attached hydrogen (secondary N) is 1. The Kier molecular flexibility index (Phi) is 6.83. The summed E-state index contributed by atoms with van der Waals surface area (Å²) in [6.45, 7) is 3.78. The molecule has 0 spiro atoms. The molecule has 0 aromatic heterocycles. The minimum atomic E-state index is -3.90. The van der Waals surface area contributed by atoms with E-state index >= 15 is 0 Å². The lowest BCUT2D eigenvalue weighted by atomic mass is 10.1. The van der Waals surface area contributed by atoms with Crippen molar-refractivity contribution in [2.75, 3.05) is 21.3 Å². The summed E-state index contributed by atoms with van der Waals surface area (Å²) in [5.74, 6) is 0.196. The third-order valence-electron chi connectivity index (χ3n) is 3.16. The number of methoxy groups -OCH3 is 3. The lowest BCUT2D eigenvalue weighted by molar-refractivity contribution is -0.143. The topological polar surface area (TPSA) is 90.9 Å². The van der Waals surface area contributed by atoms with Gasteiger partial charge >= 0.3 is 5.97 Å². The number of sulfonamides is 1. The van der Waals surface area contributed by atoms with Crippen molar-refractivity contribution < 1.29 is 27.4 Å². The molecule has 0 saturated heterocycles. The molecule has 1 aromatic carbocycles. The number of rotatable bonds is 8. The van der Waals surface area contributed by atoms with Gasteiger partial charge in [-0.3, -0.25) is 4.79 Å². The van der Waals surface area contributed by atoms with Gasteiger partial charge in [0, 0.05) is 6.07 Å². The summed E-state index contributed by atoms with van der Waals surface area (Å²) in [4.78, 5) is 11.8. The van der Waals surface area contributed by atoms with Crippen LogP contribution in [0.25, 0.3) is 0 Å². The molecule has 0 fully saturated rings. The molecular formula is C15H23NO6S. The van der Waals surface area contributed by atoms with Gasteiger partial charge in [0.1, 0.15) is 6.04 Å². The Labute approximate surface area is 137 Å². The molecule has 0 aliphatic heterocycles. The maximum atomic E-state index is 12.5. The van der Waals surface area contributed by atoms with Crippen LogP contribution in [0, 0.1) is 5.92 Å². The number of esters is 1. The van der Waals surface area contributed by atoms with Crippen molar-refractivity contribution in [1.29, 1.82) is 0 Å². The first-order valence-corrected chi connectivity index (χ1v) is 8.55. The van der Waals surface area contributed by atoms with Crippen LogP contribution in [0.5, 0.6) is 11.5 Å². The van der Waals surface area contributed by atoms with Crippen LogP contribution in [-0.2, 0) is 19.6 Å². The first-order valence-electron chi connectivity index (χ1n) is 7.07. The van der Waals surface area contributed by atoms with E-state index < -0.39 is 22.0 Å². The molecule has 1 atom stereocenters. The van der Waals surface area contributed by atoms with E-state index in [9.17, 15) is 13.2 Å². The van der Waals surface area contributed by atoms with Gasteiger partial charge in [-0.2, -0.15) is 4.72 Å². The second-order valence-corrected chi connectivity index (χ2v) is 7.06. The van der Waals surface area contributed by atoms with Crippen molar-refractivity contribution >= 4 is 16.0 Å². The van der Waals surface area contributed by atoms with Gasteiger partial charge in [-0.25, -0.2) is 8.42 Å². The molecule has 0 heterocycles. The Bertz CT molecular complexity index is 641. The first-order chi connectivity index (χ1) is 10.7. The lowest BCUT2D eigenvalue weighted by Gasteiger charge is -2.18. The molecule has 130 valence electrons. The average Bonchev–Trinajstić information content (AvgIpc) is 2.51. The molecule has 1 rings (SSSR count). The molecule has 0 aliphatic carbocycles. The van der Waals surface area contributed by atoms with Crippen molar-refractivity contribution in [3.63, 3.8) is 0 Å². The number of ether oxygens (including phenoxy) is 3. The predicted molar refractivity (Wildman–Crippen MR) is 85.1 cm³/mol. The molecule has 0 amide bonds. The summed E-state index contributed by atoms with van der Waals surface area (Å²) < 4.78 is 42.2. The van der Waals surface area contributed by atoms with Crippen molar-refractivity contribution in [3.05, 3.63) is 18.2 Å². The SMILES string of the molecule is COC(=O)C(CC(C)C)NS(=O)(=O)c1ccc(OC)c(OC)c1. The highest BCUT2D eigenvalue weighted by Crippen LogP contribution is 2.29. The zero-order valence-electron chi connectivity index (χ0n) is 14.0. The standard InChI is InChI=1S/C15H23NO6S/c1-10(2)8-12(15(17)22-5)16-23(18,19)11-6-7-13(20-3)14(9-11)21-4/h6-7,9-10,12,16H,8H2,1-5H3. The van der Waals surface area contributed by atoms with E-state index in [1.54, 1.807) is 0 Å². The maximum Gasteiger partial charge on any atom is 0.323 e. The fraction of sp³-hybridized carbons (Fsp3) is 0.533. The minimum absolute atomic E-state index is 0.0205. The van der Waals surface area contributed by atoms with Crippen LogP contribution in [0.1, 0.15) is 20.3 Å². The van der Waals surface area contributed by atoms with E-state index in [0.717, 1.165) is 0 Å². The molecule has 1 N–H and O–H groups in total. The lowest BCUT2D eigenvalue weighted by Crippen LogP contribution is -2.42. The Morgan fingerprint density at radius 3 is 2.22 bits per heavy atom. The third-order valence-corrected chi connectivity index (χ3v) is 4.62. The van der Waals surface area contributed by atoms with Crippen LogP contribution in [0.4, 0.5) is 0 Å². The maximum absolute atomic E-state index is 12.5. The molecule has 8 heteroatoms. The highest BCUT2D eigenvalue weighted by Gasteiger charge is 2.27. The Balaban J connectivity index is 3.11. The van der Waals surface area contributed by atoms with Crippen LogP contribution in [0.2, 0.25) is 0 Å². The second kappa shape index (κ2) is 8.16. The molecule has 7 nitrogen and oxygen atoms in total. The van der Waals surface area contributed by atoms with Gasteiger partial charge in [-0.15, -0.1) is 0 Å². The Morgan fingerprint density at radius 2 is 1.74 bits per heavy atom. The molecule has 1 unspecified atom stereocenters. The Hall–Kier alpha value is -1.80. The Morgan fingerprint density at radius 1 is 1.13 bits per heavy atom. The highest BCUT2D eigenvalue weighted by atomic mass is 32.2. The molecule has 0 saturated carbocycles. The number of carbonyl (C=O) groups excluding carboxylic acids is 1. The normalized spacial score (nSPS) is 12.8. The van der Waals surface area contributed by atoms with Gasteiger partial charge in [0.2, 0.25) is 10.0 Å². The highest BCUT2D eigenvalue weighted by molar-refractivity contribution is 7.89. The fourth-order valence-electron chi connectivity index (χ4n) is 2.05. The minimum Gasteiger partial charge on any atom is -0.493 e. The van der Waals surface area contributed by atoms with Gasteiger partial charge in [-0.1, -0.05) is 13.8 Å². The van der Waals surface area contributed by atoms with Crippen LogP contribution in [-0.4, -0.2) is 41.8 Å². The summed E-state index contributed by atoms with van der Waals surface area (Å²) in [5, 5.41) is 0. The monoisotopic (exact) mass is 345 g/mol. The molecule has 0 radical (unpaired) electrons. The number of benzene rings is 1. The summed E-state index contributed by atoms with van der Waals surface area (Å²) in [6, 6.07) is 3.26. The van der Waals surface area contributed by atoms with Crippen LogP contribution in [0.3, 0.4) is 0 Å². The molecule has 0 bridgehead atoms. The van der Waals surface area contributed by atoms with Crippen molar-refractivity contribution in [2.24, 2.45) is 5.92 Å². The fourth-order valence-corrected chi connectivity index (χ4v) is 3.26. The number of carbonyl (C=O) groups is 1. The van der Waals surface area contributed by atoms with E-state index in [0.29, 0.717) is 12.2 Å². The number of hydrogen-bond acceptors (Lipinski definition) is 6. The first kappa shape index (κ1) is 19.2. The van der Waals surface area contributed by atoms with Crippen LogP contribution < -0.4 is 14.2 Å². The second-order valence-electron chi connectivity index (χ2n) is 5.34. The summed E-state index contributed by atoms with van der Waals surface area (Å²) in [5.41, 5.74) is 0. The predicted octanol–water partition coefficient (Wildman–Crippen LogP) is 1.57. The van der Waals surface area contributed by atoms with Gasteiger partial charge in [0.25, 0.3) is 0 Å². The van der Waals surface area contributed by atoms with E-state index in [2.05, 4.69) is 9.46 Å². The molecular weight excluding hydrogens is 322 g/mol. The van der Waals surface area contributed by atoms with Crippen molar-refractivity contribution in [1.82, 2.24) is 4.72 Å². The van der Waals surface area contributed by atoms with E-state index in [1.807, 2.05) is 13.8 Å². The molecule has 0 aliphatic rings. The molecule has 23 heavy (non-hydrogen) atoms. The summed E-state index contributed by atoms with van der Waals surface area (Å²) in [6.07, 6.45) is 0.333. The van der Waals surface area contributed by atoms with Crippen LogP contribution >= 0.6 is 0 Å². The third kappa shape index (κ3) is 5.11. The zero-order valence-corrected chi connectivity index (χ0v) is 14.8. The quantitative estimate of drug-likeness (QED) is 0.719. The number of hydrogen-bond donors (Lipinski definition) is 1. The van der Waals surface area contributed by atoms with Gasteiger partial charge < -0.3 is 14.2 Å². The van der Waals surface area contributed by atoms with Crippen molar-refractivity contribution in [3.8, 4) is 11.5 Å². The van der Waals surface area contributed by atoms with Crippen LogP contribution in [0.15, 0.2) is 23.1 Å². The molecule has 1 aromatic rings. The van der Waals surface area contributed by atoms with E-state index in [-0.39, 0.29) is 16.6 Å². The van der Waals surface area contributed by atoms with Gasteiger partial charge in [0.15, 0.2) is 11.5 Å². The van der Waals surface area contributed by atoms with Gasteiger partial charge in [-0.05, 0) is 24.5 Å².